The van der Waals surface area contributed by atoms with E-state index in [4.69, 9.17) is 4.74 Å². The molecule has 5 heteroatoms. The summed E-state index contributed by atoms with van der Waals surface area (Å²) in [6, 6.07) is 6.47. The normalized spacial score (nSPS) is 15.8. The molecule has 0 aromatic heterocycles. The van der Waals surface area contributed by atoms with Crippen LogP contribution in [0.15, 0.2) is 36.9 Å². The number of aliphatic carboxylic acids is 1. The van der Waals surface area contributed by atoms with Gasteiger partial charge in [-0.05, 0) is 24.1 Å². The topological polar surface area (TPSA) is 66.8 Å². The van der Waals surface area contributed by atoms with Crippen LogP contribution in [-0.2, 0) is 16.0 Å². The highest BCUT2D eigenvalue weighted by Gasteiger charge is 2.32. The standard InChI is InChI=1S/C16H19NO4/c1-2-9-21-13-6-3-5-12(10-13)11-14(16(19)20)17-8-4-7-15(17)18/h2-3,5-6,10,14H,1,4,7-9,11H2,(H,19,20)/t14-/m0/s1. The van der Waals surface area contributed by atoms with Crippen LogP contribution in [-0.4, -0.2) is 41.1 Å². The Bertz CT molecular complexity index is 541. The van der Waals surface area contributed by atoms with E-state index in [0.29, 0.717) is 25.3 Å². The number of nitrogens with zero attached hydrogens (tertiary/aromatic N) is 1. The molecule has 0 bridgehead atoms. The number of hydrogen-bond donors (Lipinski definition) is 1. The summed E-state index contributed by atoms with van der Waals surface area (Å²) in [4.78, 5) is 24.7. The van der Waals surface area contributed by atoms with Crippen LogP contribution in [0.5, 0.6) is 5.75 Å². The average molecular weight is 289 g/mol. The fraction of sp³-hybridized carbons (Fsp3) is 0.375. The lowest BCUT2D eigenvalue weighted by molar-refractivity contribution is -0.148. The Morgan fingerprint density at radius 3 is 2.95 bits per heavy atom. The molecule has 1 aromatic carbocycles. The predicted octanol–water partition coefficient (Wildman–Crippen LogP) is 1.87. The van der Waals surface area contributed by atoms with Gasteiger partial charge >= 0.3 is 5.97 Å². The highest BCUT2D eigenvalue weighted by Crippen LogP contribution is 2.20. The van der Waals surface area contributed by atoms with E-state index in [0.717, 1.165) is 12.0 Å². The van der Waals surface area contributed by atoms with Crippen LogP contribution in [0, 0.1) is 0 Å². The number of rotatable bonds is 7. The lowest BCUT2D eigenvalue weighted by Gasteiger charge is -2.24. The van der Waals surface area contributed by atoms with E-state index in [1.165, 1.54) is 4.90 Å². The van der Waals surface area contributed by atoms with Gasteiger partial charge in [0.15, 0.2) is 0 Å². The first kappa shape index (κ1) is 15.1. The highest BCUT2D eigenvalue weighted by molar-refractivity contribution is 5.85. The Morgan fingerprint density at radius 1 is 1.52 bits per heavy atom. The second-order valence-electron chi connectivity index (χ2n) is 5.00. The van der Waals surface area contributed by atoms with Gasteiger partial charge in [0.1, 0.15) is 18.4 Å². The summed E-state index contributed by atoms with van der Waals surface area (Å²) in [5.74, 6) is -0.381. The summed E-state index contributed by atoms with van der Waals surface area (Å²) >= 11 is 0. The summed E-state index contributed by atoms with van der Waals surface area (Å²) in [7, 11) is 0. The molecule has 2 rings (SSSR count). The van der Waals surface area contributed by atoms with Gasteiger partial charge in [-0.25, -0.2) is 4.79 Å². The van der Waals surface area contributed by atoms with Crippen molar-refractivity contribution in [1.29, 1.82) is 0 Å². The quantitative estimate of drug-likeness (QED) is 0.778. The van der Waals surface area contributed by atoms with E-state index in [9.17, 15) is 14.7 Å². The molecular formula is C16H19NO4. The number of carboxylic acids is 1. The Hall–Kier alpha value is -2.30. The number of benzene rings is 1. The molecule has 1 saturated heterocycles. The maximum atomic E-state index is 11.7. The van der Waals surface area contributed by atoms with Crippen molar-refractivity contribution in [3.8, 4) is 5.75 Å². The van der Waals surface area contributed by atoms with Gasteiger partial charge < -0.3 is 14.7 Å². The third kappa shape index (κ3) is 3.84. The molecule has 1 aliphatic rings. The zero-order valence-corrected chi connectivity index (χ0v) is 11.8. The molecule has 0 aliphatic carbocycles. The smallest absolute Gasteiger partial charge is 0.326 e. The Morgan fingerprint density at radius 2 is 2.33 bits per heavy atom. The number of likely N-dealkylation sites (tertiary alicyclic amines) is 1. The minimum atomic E-state index is -0.970. The minimum Gasteiger partial charge on any atom is -0.490 e. The molecule has 0 saturated carbocycles. The Balaban J connectivity index is 2.11. The first-order chi connectivity index (χ1) is 10.1. The van der Waals surface area contributed by atoms with Crippen LogP contribution in [0.2, 0.25) is 0 Å². The second-order valence-corrected chi connectivity index (χ2v) is 5.00. The molecule has 1 N–H and O–H groups in total. The van der Waals surface area contributed by atoms with E-state index < -0.39 is 12.0 Å². The van der Waals surface area contributed by atoms with Crippen LogP contribution >= 0.6 is 0 Å². The fourth-order valence-corrected chi connectivity index (χ4v) is 2.47. The van der Waals surface area contributed by atoms with E-state index in [2.05, 4.69) is 6.58 Å². The Labute approximate surface area is 123 Å². The van der Waals surface area contributed by atoms with E-state index in [-0.39, 0.29) is 12.3 Å². The molecule has 1 fully saturated rings. The molecule has 1 heterocycles. The maximum absolute atomic E-state index is 11.7. The number of carbonyl (C=O) groups is 2. The predicted molar refractivity (Wildman–Crippen MR) is 78.2 cm³/mol. The van der Waals surface area contributed by atoms with Gasteiger partial charge in [-0.2, -0.15) is 0 Å². The van der Waals surface area contributed by atoms with Crippen molar-refractivity contribution in [2.24, 2.45) is 0 Å². The summed E-state index contributed by atoms with van der Waals surface area (Å²) < 4.78 is 5.44. The molecule has 1 aromatic rings. The highest BCUT2D eigenvalue weighted by atomic mass is 16.5. The maximum Gasteiger partial charge on any atom is 0.326 e. The van der Waals surface area contributed by atoms with E-state index >= 15 is 0 Å². The van der Waals surface area contributed by atoms with Gasteiger partial charge in [0, 0.05) is 19.4 Å². The first-order valence-corrected chi connectivity index (χ1v) is 6.96. The number of ether oxygens (including phenoxy) is 1. The van der Waals surface area contributed by atoms with E-state index in [1.807, 2.05) is 18.2 Å². The van der Waals surface area contributed by atoms with Gasteiger partial charge in [-0.15, -0.1) is 0 Å². The van der Waals surface area contributed by atoms with Crippen molar-refractivity contribution >= 4 is 11.9 Å². The molecule has 112 valence electrons. The molecule has 5 nitrogen and oxygen atoms in total. The van der Waals surface area contributed by atoms with Crippen LogP contribution in [0.1, 0.15) is 18.4 Å². The number of amides is 1. The number of carbonyl (C=O) groups excluding carboxylic acids is 1. The lowest BCUT2D eigenvalue weighted by atomic mass is 10.0. The van der Waals surface area contributed by atoms with Gasteiger partial charge in [-0.3, -0.25) is 4.79 Å². The fourth-order valence-electron chi connectivity index (χ4n) is 2.47. The van der Waals surface area contributed by atoms with Crippen molar-refractivity contribution < 1.29 is 19.4 Å². The molecular weight excluding hydrogens is 270 g/mol. The molecule has 0 spiro atoms. The average Bonchev–Trinajstić information content (AvgIpc) is 2.88. The Kier molecular flexibility index (Phi) is 4.98. The van der Waals surface area contributed by atoms with E-state index in [1.54, 1.807) is 12.1 Å². The molecule has 1 amide bonds. The largest absolute Gasteiger partial charge is 0.490 e. The van der Waals surface area contributed by atoms with Crippen LogP contribution < -0.4 is 4.74 Å². The zero-order chi connectivity index (χ0) is 15.2. The molecule has 1 atom stereocenters. The molecule has 0 radical (unpaired) electrons. The van der Waals surface area contributed by atoms with Crippen molar-refractivity contribution in [1.82, 2.24) is 4.90 Å². The lowest BCUT2D eigenvalue weighted by Crippen LogP contribution is -2.43. The second kappa shape index (κ2) is 6.92. The van der Waals surface area contributed by atoms with Crippen molar-refractivity contribution in [2.75, 3.05) is 13.2 Å². The van der Waals surface area contributed by atoms with Crippen LogP contribution in [0.4, 0.5) is 0 Å². The molecule has 1 aliphatic heterocycles. The van der Waals surface area contributed by atoms with Crippen molar-refractivity contribution in [2.45, 2.75) is 25.3 Å². The van der Waals surface area contributed by atoms with Crippen molar-refractivity contribution in [3.05, 3.63) is 42.5 Å². The number of hydrogen-bond acceptors (Lipinski definition) is 3. The summed E-state index contributed by atoms with van der Waals surface area (Å²) in [6.07, 6.45) is 3.10. The van der Waals surface area contributed by atoms with Gasteiger partial charge in [0.05, 0.1) is 0 Å². The monoisotopic (exact) mass is 289 g/mol. The van der Waals surface area contributed by atoms with Gasteiger partial charge in [-0.1, -0.05) is 24.8 Å². The number of carboxylic acid groups (broad SMARTS) is 1. The van der Waals surface area contributed by atoms with Gasteiger partial charge in [0.2, 0.25) is 5.91 Å². The molecule has 21 heavy (non-hydrogen) atoms. The van der Waals surface area contributed by atoms with Crippen molar-refractivity contribution in [3.63, 3.8) is 0 Å². The van der Waals surface area contributed by atoms with Gasteiger partial charge in [0.25, 0.3) is 0 Å². The first-order valence-electron chi connectivity index (χ1n) is 6.96. The molecule has 0 unspecified atom stereocenters. The van der Waals surface area contributed by atoms with Crippen LogP contribution in [0.3, 0.4) is 0 Å². The summed E-state index contributed by atoms with van der Waals surface area (Å²) in [6.45, 7) is 4.50. The SMILES string of the molecule is C=CCOc1cccc(C[C@@H](C(=O)O)N2CCCC2=O)c1. The van der Waals surface area contributed by atoms with Crippen LogP contribution in [0.25, 0.3) is 0 Å². The zero-order valence-electron chi connectivity index (χ0n) is 11.8. The third-order valence-corrected chi connectivity index (χ3v) is 3.47. The third-order valence-electron chi connectivity index (χ3n) is 3.47. The summed E-state index contributed by atoms with van der Waals surface area (Å²) in [5.41, 5.74) is 0.837. The summed E-state index contributed by atoms with van der Waals surface area (Å²) in [5, 5.41) is 9.39. The minimum absolute atomic E-state index is 0.0820.